The van der Waals surface area contributed by atoms with Gasteiger partial charge in [0.2, 0.25) is 11.8 Å². The Labute approximate surface area is 194 Å². The molecule has 3 amide bonds. The molecule has 1 aliphatic carbocycles. The van der Waals surface area contributed by atoms with Crippen molar-refractivity contribution in [2.75, 3.05) is 24.3 Å². The molecule has 0 spiro atoms. The summed E-state index contributed by atoms with van der Waals surface area (Å²) in [5.74, 6) is 0.380. The Hall–Kier alpha value is -3.35. The van der Waals surface area contributed by atoms with Crippen LogP contribution in [0.5, 0.6) is 5.75 Å². The van der Waals surface area contributed by atoms with Crippen molar-refractivity contribution in [2.45, 2.75) is 51.0 Å². The van der Waals surface area contributed by atoms with Crippen LogP contribution in [0, 0.1) is 5.92 Å². The van der Waals surface area contributed by atoms with Gasteiger partial charge in [0.15, 0.2) is 0 Å². The molecule has 1 saturated carbocycles. The molecular weight excluding hydrogens is 418 g/mol. The molecule has 174 valence electrons. The number of amides is 3. The molecule has 1 heterocycles. The Morgan fingerprint density at radius 1 is 0.848 bits per heavy atom. The zero-order chi connectivity index (χ0) is 23.2. The van der Waals surface area contributed by atoms with E-state index in [2.05, 4.69) is 10.6 Å². The first kappa shape index (κ1) is 22.8. The fourth-order valence-electron chi connectivity index (χ4n) is 4.69. The summed E-state index contributed by atoms with van der Waals surface area (Å²) in [6.07, 6.45) is 6.59. The third kappa shape index (κ3) is 5.53. The van der Waals surface area contributed by atoms with Gasteiger partial charge in [-0.25, -0.2) is 0 Å². The quantitative estimate of drug-likeness (QED) is 0.682. The van der Waals surface area contributed by atoms with E-state index in [0.717, 1.165) is 32.1 Å². The minimum atomic E-state index is -0.528. The van der Waals surface area contributed by atoms with Gasteiger partial charge in [-0.3, -0.25) is 14.4 Å². The second kappa shape index (κ2) is 10.5. The van der Waals surface area contributed by atoms with Crippen molar-refractivity contribution in [3.05, 3.63) is 54.1 Å². The van der Waals surface area contributed by atoms with Crippen LogP contribution in [0.1, 0.15) is 55.3 Å². The molecular formula is C26H31N3O4. The molecule has 0 bridgehead atoms. The van der Waals surface area contributed by atoms with Gasteiger partial charge in [0.05, 0.1) is 7.11 Å². The van der Waals surface area contributed by atoms with Gasteiger partial charge in [-0.2, -0.15) is 0 Å². The second-order valence-corrected chi connectivity index (χ2v) is 8.78. The van der Waals surface area contributed by atoms with Crippen molar-refractivity contribution in [1.29, 1.82) is 0 Å². The van der Waals surface area contributed by atoms with E-state index < -0.39 is 6.04 Å². The van der Waals surface area contributed by atoms with Gasteiger partial charge >= 0.3 is 0 Å². The Kier molecular flexibility index (Phi) is 7.27. The number of ether oxygens (including phenoxy) is 1. The van der Waals surface area contributed by atoms with E-state index in [0.29, 0.717) is 35.7 Å². The van der Waals surface area contributed by atoms with E-state index in [1.54, 1.807) is 60.5 Å². The Balaban J connectivity index is 1.41. The molecule has 0 aromatic heterocycles. The van der Waals surface area contributed by atoms with Crippen LogP contribution in [0.4, 0.5) is 11.4 Å². The number of nitrogens with one attached hydrogen (secondary N) is 2. The first-order valence-corrected chi connectivity index (χ1v) is 11.7. The van der Waals surface area contributed by atoms with Crippen molar-refractivity contribution in [1.82, 2.24) is 4.90 Å². The summed E-state index contributed by atoms with van der Waals surface area (Å²) < 4.78 is 5.15. The molecule has 1 unspecified atom stereocenters. The molecule has 2 aromatic rings. The summed E-state index contributed by atoms with van der Waals surface area (Å²) in [7, 11) is 1.59. The molecule has 7 nitrogen and oxygen atoms in total. The van der Waals surface area contributed by atoms with E-state index in [9.17, 15) is 14.4 Å². The van der Waals surface area contributed by atoms with Crippen molar-refractivity contribution in [3.63, 3.8) is 0 Å². The number of methoxy groups -OCH3 is 1. The maximum absolute atomic E-state index is 13.3. The highest BCUT2D eigenvalue weighted by molar-refractivity contribution is 6.02. The fraction of sp³-hybridized carbons (Fsp3) is 0.423. The van der Waals surface area contributed by atoms with Gasteiger partial charge in [-0.05, 0) is 68.1 Å². The standard InChI is InChI=1S/C26H31N3O4/c1-33-22-14-12-20(13-15-22)27-25(31)23-11-6-16-29(23)26(32)19-9-5-10-21(17-19)28-24(30)18-7-3-2-4-8-18/h5,9-10,12-15,17-18,23H,2-4,6-8,11,16H2,1H3,(H,27,31)(H,28,30). The monoisotopic (exact) mass is 449 g/mol. The molecule has 1 atom stereocenters. The molecule has 2 aliphatic rings. The first-order valence-electron chi connectivity index (χ1n) is 11.7. The van der Waals surface area contributed by atoms with Crippen LogP contribution < -0.4 is 15.4 Å². The van der Waals surface area contributed by atoms with Crippen LogP contribution in [-0.4, -0.2) is 42.3 Å². The summed E-state index contributed by atoms with van der Waals surface area (Å²) in [6, 6.07) is 13.6. The van der Waals surface area contributed by atoms with E-state index in [4.69, 9.17) is 4.74 Å². The molecule has 0 radical (unpaired) electrons. The summed E-state index contributed by atoms with van der Waals surface area (Å²) >= 11 is 0. The van der Waals surface area contributed by atoms with E-state index >= 15 is 0 Å². The number of rotatable bonds is 6. The van der Waals surface area contributed by atoms with Gasteiger partial charge in [0, 0.05) is 29.4 Å². The van der Waals surface area contributed by atoms with E-state index in [1.807, 2.05) is 0 Å². The van der Waals surface area contributed by atoms with Gasteiger partial charge in [-0.1, -0.05) is 25.3 Å². The topological polar surface area (TPSA) is 87.7 Å². The number of carbonyl (C=O) groups excluding carboxylic acids is 3. The number of hydrogen-bond donors (Lipinski definition) is 2. The lowest BCUT2D eigenvalue weighted by molar-refractivity contribution is -0.121. The molecule has 4 rings (SSSR count). The largest absolute Gasteiger partial charge is 0.497 e. The maximum atomic E-state index is 13.3. The molecule has 1 saturated heterocycles. The summed E-state index contributed by atoms with van der Waals surface area (Å²) in [5.41, 5.74) is 1.75. The van der Waals surface area contributed by atoms with Gasteiger partial charge in [-0.15, -0.1) is 0 Å². The highest BCUT2D eigenvalue weighted by atomic mass is 16.5. The smallest absolute Gasteiger partial charge is 0.254 e. The summed E-state index contributed by atoms with van der Waals surface area (Å²) in [4.78, 5) is 40.4. The van der Waals surface area contributed by atoms with Crippen LogP contribution in [0.15, 0.2) is 48.5 Å². The highest BCUT2D eigenvalue weighted by Crippen LogP contribution is 2.26. The molecule has 1 aliphatic heterocycles. The zero-order valence-corrected chi connectivity index (χ0v) is 19.0. The fourth-order valence-corrected chi connectivity index (χ4v) is 4.69. The van der Waals surface area contributed by atoms with Crippen LogP contribution in [0.25, 0.3) is 0 Å². The van der Waals surface area contributed by atoms with Gasteiger partial charge in [0.25, 0.3) is 5.91 Å². The second-order valence-electron chi connectivity index (χ2n) is 8.78. The van der Waals surface area contributed by atoms with Crippen molar-refractivity contribution < 1.29 is 19.1 Å². The Bertz CT molecular complexity index is 999. The number of nitrogens with zero attached hydrogens (tertiary/aromatic N) is 1. The number of carbonyl (C=O) groups is 3. The molecule has 2 fully saturated rings. The van der Waals surface area contributed by atoms with E-state index in [1.165, 1.54) is 6.42 Å². The number of likely N-dealkylation sites (tertiary alicyclic amines) is 1. The minimum Gasteiger partial charge on any atom is -0.497 e. The van der Waals surface area contributed by atoms with Crippen LogP contribution in [-0.2, 0) is 9.59 Å². The van der Waals surface area contributed by atoms with Gasteiger partial charge in [0.1, 0.15) is 11.8 Å². The van der Waals surface area contributed by atoms with Crippen LogP contribution in [0.3, 0.4) is 0 Å². The highest BCUT2D eigenvalue weighted by Gasteiger charge is 2.34. The lowest BCUT2D eigenvalue weighted by Gasteiger charge is -2.24. The number of hydrogen-bond acceptors (Lipinski definition) is 4. The number of benzene rings is 2. The molecule has 33 heavy (non-hydrogen) atoms. The first-order chi connectivity index (χ1) is 16.0. The molecule has 7 heteroatoms. The normalized spacial score (nSPS) is 18.6. The third-order valence-electron chi connectivity index (χ3n) is 6.53. The maximum Gasteiger partial charge on any atom is 0.254 e. The SMILES string of the molecule is COc1ccc(NC(=O)C2CCCN2C(=O)c2cccc(NC(=O)C3CCCCC3)c2)cc1. The molecule has 2 aromatic carbocycles. The Morgan fingerprint density at radius 2 is 1.58 bits per heavy atom. The Morgan fingerprint density at radius 3 is 2.30 bits per heavy atom. The lowest BCUT2D eigenvalue weighted by Crippen LogP contribution is -2.43. The van der Waals surface area contributed by atoms with Crippen LogP contribution >= 0.6 is 0 Å². The predicted octanol–water partition coefficient (Wildman–Crippen LogP) is 4.46. The predicted molar refractivity (Wildman–Crippen MR) is 127 cm³/mol. The van der Waals surface area contributed by atoms with Gasteiger partial charge < -0.3 is 20.3 Å². The molecule has 2 N–H and O–H groups in total. The summed E-state index contributed by atoms with van der Waals surface area (Å²) in [6.45, 7) is 0.526. The number of anilines is 2. The van der Waals surface area contributed by atoms with Crippen molar-refractivity contribution >= 4 is 29.1 Å². The van der Waals surface area contributed by atoms with Crippen LogP contribution in [0.2, 0.25) is 0 Å². The van der Waals surface area contributed by atoms with Crippen molar-refractivity contribution in [2.24, 2.45) is 5.92 Å². The average Bonchev–Trinajstić information content (AvgIpc) is 3.35. The van der Waals surface area contributed by atoms with E-state index in [-0.39, 0.29) is 23.6 Å². The minimum absolute atomic E-state index is 0.0252. The average molecular weight is 450 g/mol. The lowest BCUT2D eigenvalue weighted by atomic mass is 9.88. The zero-order valence-electron chi connectivity index (χ0n) is 19.0. The third-order valence-corrected chi connectivity index (χ3v) is 6.53. The van der Waals surface area contributed by atoms with Crippen molar-refractivity contribution in [3.8, 4) is 5.75 Å². The summed E-state index contributed by atoms with van der Waals surface area (Å²) in [5, 5.41) is 5.87.